The number of rotatable bonds is 4. The van der Waals surface area contributed by atoms with Gasteiger partial charge in [0.2, 0.25) is 11.8 Å². The zero-order chi connectivity index (χ0) is 25.2. The summed E-state index contributed by atoms with van der Waals surface area (Å²) in [6.07, 6.45) is -5.56. The first-order valence-electron chi connectivity index (χ1n) is 11.0. The number of nitrogens with zero attached hydrogens (tertiary/aromatic N) is 2. The van der Waals surface area contributed by atoms with Crippen LogP contribution in [0.2, 0.25) is 0 Å². The highest BCUT2D eigenvalue weighted by Crippen LogP contribution is 2.70. The lowest BCUT2D eigenvalue weighted by Gasteiger charge is -2.22. The van der Waals surface area contributed by atoms with E-state index in [0.717, 1.165) is 12.1 Å². The number of halogens is 6. The predicted molar refractivity (Wildman–Crippen MR) is 115 cm³/mol. The van der Waals surface area contributed by atoms with Crippen molar-refractivity contribution in [1.29, 1.82) is 0 Å². The van der Waals surface area contributed by atoms with E-state index in [2.05, 4.69) is 10.2 Å². The van der Waals surface area contributed by atoms with Gasteiger partial charge < -0.3 is 9.15 Å². The molecule has 1 heterocycles. The Bertz CT molecular complexity index is 1410. The topological polar surface area (TPSA) is 48.2 Å². The van der Waals surface area contributed by atoms with Crippen LogP contribution >= 0.6 is 0 Å². The van der Waals surface area contributed by atoms with Crippen molar-refractivity contribution in [3.8, 4) is 11.5 Å². The largest absolute Gasteiger partial charge is 0.418 e. The average Bonchev–Trinajstić information content (AvgIpc) is 3.17. The van der Waals surface area contributed by atoms with E-state index < -0.39 is 52.9 Å². The molecule has 0 radical (unpaired) electrons. The van der Waals surface area contributed by atoms with Crippen molar-refractivity contribution in [2.24, 2.45) is 0 Å². The molecule has 2 unspecified atom stereocenters. The maximum atomic E-state index is 14.7. The van der Waals surface area contributed by atoms with Gasteiger partial charge in [0.05, 0.1) is 23.0 Å². The van der Waals surface area contributed by atoms with E-state index >= 15 is 0 Å². The van der Waals surface area contributed by atoms with Gasteiger partial charge in [0.15, 0.2) is 0 Å². The molecule has 4 nitrogen and oxygen atoms in total. The van der Waals surface area contributed by atoms with Crippen molar-refractivity contribution >= 4 is 0 Å². The molecule has 0 aliphatic heterocycles. The summed E-state index contributed by atoms with van der Waals surface area (Å²) in [6.45, 7) is -0.283. The first kappa shape index (κ1) is 22.8. The van der Waals surface area contributed by atoms with Crippen LogP contribution in [-0.4, -0.2) is 16.1 Å². The number of alkyl halides is 5. The number of hydrogen-bond donors (Lipinski definition) is 0. The third-order valence-electron chi connectivity index (χ3n) is 6.64. The average molecular weight is 502 g/mol. The van der Waals surface area contributed by atoms with Crippen molar-refractivity contribution in [3.63, 3.8) is 0 Å². The van der Waals surface area contributed by atoms with Crippen molar-refractivity contribution < 1.29 is 35.5 Å². The summed E-state index contributed by atoms with van der Waals surface area (Å²) in [5.74, 6) is -6.40. The maximum Gasteiger partial charge on any atom is 0.417 e. The van der Waals surface area contributed by atoms with Crippen LogP contribution in [0.15, 0.2) is 71.1 Å². The second-order valence-corrected chi connectivity index (χ2v) is 8.77. The van der Waals surface area contributed by atoms with Crippen LogP contribution in [0.1, 0.15) is 51.6 Å². The summed E-state index contributed by atoms with van der Waals surface area (Å²) in [4.78, 5) is 0. The highest BCUT2D eigenvalue weighted by atomic mass is 19.4. The molecule has 1 saturated carbocycles. The fraction of sp³-hybridized carbons (Fsp3) is 0.231. The van der Waals surface area contributed by atoms with Gasteiger partial charge in [0.25, 0.3) is 5.92 Å². The number of aromatic nitrogens is 2. The molecule has 0 amide bonds. The predicted octanol–water partition coefficient (Wildman–Crippen LogP) is 7.03. The van der Waals surface area contributed by atoms with Crippen LogP contribution in [0.3, 0.4) is 0 Å². The number of hydrogen-bond acceptors (Lipinski definition) is 4. The SMILES string of the molecule is Fc1ccc(-c2nnc(COC3c4ccccc4C4C(c5ccccc53)C4(F)F)o2)c(C(F)(F)F)c1. The lowest BCUT2D eigenvalue weighted by atomic mass is 9.94. The third kappa shape index (κ3) is 3.59. The molecule has 0 spiro atoms. The lowest BCUT2D eigenvalue weighted by molar-refractivity contribution is -0.137. The molecule has 0 bridgehead atoms. The fourth-order valence-electron chi connectivity index (χ4n) is 5.03. The molecule has 184 valence electrons. The molecule has 3 aromatic carbocycles. The van der Waals surface area contributed by atoms with E-state index in [9.17, 15) is 26.3 Å². The molecule has 2 atom stereocenters. The highest BCUT2D eigenvalue weighted by molar-refractivity contribution is 5.59. The van der Waals surface area contributed by atoms with Gasteiger partial charge in [-0.3, -0.25) is 0 Å². The van der Waals surface area contributed by atoms with Crippen molar-refractivity contribution in [3.05, 3.63) is 106 Å². The van der Waals surface area contributed by atoms with E-state index in [-0.39, 0.29) is 12.5 Å². The van der Waals surface area contributed by atoms with Gasteiger partial charge in [-0.2, -0.15) is 13.2 Å². The smallest absolute Gasteiger partial charge is 0.417 e. The zero-order valence-electron chi connectivity index (χ0n) is 18.3. The van der Waals surface area contributed by atoms with Gasteiger partial charge in [-0.25, -0.2) is 13.2 Å². The normalized spacial score (nSPS) is 21.8. The van der Waals surface area contributed by atoms with Crippen LogP contribution < -0.4 is 0 Å². The fourth-order valence-corrected chi connectivity index (χ4v) is 5.03. The van der Waals surface area contributed by atoms with E-state index in [1.165, 1.54) is 0 Å². The summed E-state index contributed by atoms with van der Waals surface area (Å²) in [7, 11) is 0. The molecule has 1 aromatic heterocycles. The monoisotopic (exact) mass is 502 g/mol. The quantitative estimate of drug-likeness (QED) is 0.281. The number of benzene rings is 3. The molecular formula is C26H16F6N2O2. The molecule has 2 aliphatic rings. The van der Waals surface area contributed by atoms with E-state index in [1.54, 1.807) is 48.5 Å². The minimum Gasteiger partial charge on any atom is -0.418 e. The molecule has 2 aliphatic carbocycles. The van der Waals surface area contributed by atoms with Gasteiger partial charge in [0, 0.05) is 0 Å². The first-order chi connectivity index (χ1) is 17.2. The van der Waals surface area contributed by atoms with Crippen LogP contribution in [-0.2, 0) is 17.5 Å². The first-order valence-corrected chi connectivity index (χ1v) is 11.0. The Morgan fingerprint density at radius 3 is 2.00 bits per heavy atom. The standard InChI is InChI=1S/C26H16F6N2O2/c27-13-9-10-18(19(11-13)26(30,31)32)24-34-33-20(36-24)12-35-23-16-7-3-1-5-14(16)21-22(25(21,28)29)15-6-2-4-8-17(15)23/h1-11,21-23H,12H2. The second-order valence-electron chi connectivity index (χ2n) is 8.77. The van der Waals surface area contributed by atoms with Crippen molar-refractivity contribution in [1.82, 2.24) is 10.2 Å². The second kappa shape index (κ2) is 7.92. The molecule has 10 heteroatoms. The number of fused-ring (bicyclic) bond motifs is 5. The van der Waals surface area contributed by atoms with Crippen molar-refractivity contribution in [2.75, 3.05) is 0 Å². The summed E-state index contributed by atoms with van der Waals surface area (Å²) < 4.78 is 94.6. The highest BCUT2D eigenvalue weighted by Gasteiger charge is 2.71. The molecule has 0 saturated heterocycles. The Hall–Kier alpha value is -3.66. The van der Waals surface area contributed by atoms with E-state index in [1.807, 2.05) is 0 Å². The number of ether oxygens (including phenoxy) is 1. The molecule has 4 aromatic rings. The van der Waals surface area contributed by atoms with Crippen LogP contribution in [0.4, 0.5) is 26.3 Å². The molecule has 36 heavy (non-hydrogen) atoms. The Labute approximate surface area is 200 Å². The Morgan fingerprint density at radius 1 is 0.833 bits per heavy atom. The van der Waals surface area contributed by atoms with E-state index in [4.69, 9.17) is 9.15 Å². The Morgan fingerprint density at radius 2 is 1.42 bits per heavy atom. The van der Waals surface area contributed by atoms with Gasteiger partial charge in [0.1, 0.15) is 18.5 Å². The molecule has 6 rings (SSSR count). The van der Waals surface area contributed by atoms with E-state index in [0.29, 0.717) is 28.3 Å². The summed E-state index contributed by atoms with van der Waals surface area (Å²) in [5, 5.41) is 7.46. The minimum absolute atomic E-state index is 0.114. The summed E-state index contributed by atoms with van der Waals surface area (Å²) in [5.41, 5.74) is 0.419. The zero-order valence-corrected chi connectivity index (χ0v) is 18.3. The van der Waals surface area contributed by atoms with Gasteiger partial charge in [-0.1, -0.05) is 48.5 Å². The van der Waals surface area contributed by atoms with Crippen LogP contribution in [0, 0.1) is 5.82 Å². The van der Waals surface area contributed by atoms with Crippen LogP contribution in [0.25, 0.3) is 11.5 Å². The Balaban J connectivity index is 1.33. The molecule has 1 fully saturated rings. The van der Waals surface area contributed by atoms with Gasteiger partial charge >= 0.3 is 6.18 Å². The summed E-state index contributed by atoms with van der Waals surface area (Å²) >= 11 is 0. The Kier molecular flexibility index (Phi) is 5.01. The molecule has 0 N–H and O–H groups in total. The van der Waals surface area contributed by atoms with Gasteiger partial charge in [-0.15, -0.1) is 10.2 Å². The third-order valence-corrected chi connectivity index (χ3v) is 6.64. The van der Waals surface area contributed by atoms with Crippen LogP contribution in [0.5, 0.6) is 0 Å². The maximum absolute atomic E-state index is 14.7. The lowest BCUT2D eigenvalue weighted by Crippen LogP contribution is -2.12. The van der Waals surface area contributed by atoms with Gasteiger partial charge in [-0.05, 0) is 40.5 Å². The minimum atomic E-state index is -4.83. The summed E-state index contributed by atoms with van der Waals surface area (Å²) in [6, 6.07) is 15.8. The molecular weight excluding hydrogens is 486 g/mol. The van der Waals surface area contributed by atoms with Crippen molar-refractivity contribution in [2.45, 2.75) is 36.6 Å².